The average molecular weight is 194 g/mol. The lowest BCUT2D eigenvalue weighted by Gasteiger charge is -2.04. The summed E-state index contributed by atoms with van der Waals surface area (Å²) in [5.41, 5.74) is 0. The smallest absolute Gasteiger partial charge is 0.350 e. The third-order valence-corrected chi connectivity index (χ3v) is 1.93. The van der Waals surface area contributed by atoms with E-state index in [0.717, 1.165) is 13.0 Å². The van der Waals surface area contributed by atoms with E-state index in [9.17, 15) is 13.2 Å². The van der Waals surface area contributed by atoms with Gasteiger partial charge in [-0.05, 0) is 6.92 Å². The molecule has 0 spiro atoms. The molecule has 5 nitrogen and oxygen atoms in total. The molecule has 1 atom stereocenters. The average Bonchev–Trinajstić information content (AvgIpc) is 1.85. The molecule has 0 aliphatic carbocycles. The third-order valence-electron chi connectivity index (χ3n) is 0.872. The van der Waals surface area contributed by atoms with Gasteiger partial charge in [-0.15, -0.1) is 6.58 Å². The molecule has 0 amide bonds. The van der Waals surface area contributed by atoms with Crippen LogP contribution in [0.2, 0.25) is 0 Å². The van der Waals surface area contributed by atoms with E-state index in [1.807, 2.05) is 0 Å². The molecule has 0 saturated carbocycles. The van der Waals surface area contributed by atoms with Gasteiger partial charge in [0.05, 0.1) is 0 Å². The minimum atomic E-state index is -3.90. The lowest BCUT2D eigenvalue weighted by Crippen LogP contribution is -2.24. The van der Waals surface area contributed by atoms with Gasteiger partial charge >= 0.3 is 16.1 Å². The van der Waals surface area contributed by atoms with Gasteiger partial charge in [-0.25, -0.2) is 4.79 Å². The second-order valence-corrected chi connectivity index (χ2v) is 3.71. The van der Waals surface area contributed by atoms with Crippen LogP contribution in [0, 0.1) is 0 Å². The zero-order valence-corrected chi connectivity index (χ0v) is 7.37. The summed E-state index contributed by atoms with van der Waals surface area (Å²) in [6.45, 7) is 4.28. The van der Waals surface area contributed by atoms with Gasteiger partial charge in [-0.2, -0.15) is 8.42 Å². The van der Waals surface area contributed by atoms with Crippen molar-refractivity contribution in [3.63, 3.8) is 0 Å². The van der Waals surface area contributed by atoms with Crippen LogP contribution in [0.25, 0.3) is 0 Å². The highest BCUT2D eigenvalue weighted by Gasteiger charge is 2.18. The highest BCUT2D eigenvalue weighted by molar-refractivity contribution is 7.87. The summed E-state index contributed by atoms with van der Waals surface area (Å²) in [7, 11) is -3.90. The summed E-state index contributed by atoms with van der Waals surface area (Å²) in [6, 6.07) is 0. The van der Waals surface area contributed by atoms with Crippen LogP contribution in [0.5, 0.6) is 0 Å². The molecule has 0 aromatic carbocycles. The maximum absolute atomic E-state index is 10.7. The molecule has 1 unspecified atom stereocenters. The van der Waals surface area contributed by atoms with Gasteiger partial charge in [0.1, 0.15) is 11.9 Å². The maximum atomic E-state index is 10.7. The SMILES string of the molecule is C=CCS(=O)(=O)OC(=O)C(C)O. The minimum absolute atomic E-state index is 0.453. The Labute approximate surface area is 70.8 Å². The highest BCUT2D eigenvalue weighted by atomic mass is 32.2. The fraction of sp³-hybridized carbons (Fsp3) is 0.500. The standard InChI is InChI=1S/C6H10O5S/c1-3-4-12(9,10)11-6(8)5(2)7/h3,5,7H,1,4H2,2H3. The van der Waals surface area contributed by atoms with Gasteiger partial charge in [0.25, 0.3) is 0 Å². The normalized spacial score (nSPS) is 13.5. The van der Waals surface area contributed by atoms with Crippen molar-refractivity contribution in [3.05, 3.63) is 12.7 Å². The number of carbonyl (C=O) groups is 1. The summed E-state index contributed by atoms with van der Waals surface area (Å²) in [6.07, 6.45) is -0.352. The number of aliphatic hydroxyl groups excluding tert-OH is 1. The molecule has 12 heavy (non-hydrogen) atoms. The molecular weight excluding hydrogens is 184 g/mol. The first-order valence-corrected chi connectivity index (χ1v) is 4.71. The van der Waals surface area contributed by atoms with Gasteiger partial charge in [-0.3, -0.25) is 0 Å². The van der Waals surface area contributed by atoms with E-state index < -0.39 is 27.9 Å². The number of rotatable bonds is 4. The quantitative estimate of drug-likeness (QED) is 0.478. The second-order valence-electron chi connectivity index (χ2n) is 2.09. The molecule has 0 heterocycles. The molecule has 0 saturated heterocycles. The van der Waals surface area contributed by atoms with Crippen LogP contribution in [0.1, 0.15) is 6.92 Å². The Kier molecular flexibility index (Phi) is 3.91. The van der Waals surface area contributed by atoms with Crippen LogP contribution < -0.4 is 0 Å². The third kappa shape index (κ3) is 4.09. The van der Waals surface area contributed by atoms with Crippen LogP contribution in [-0.2, 0) is 19.1 Å². The number of aliphatic hydroxyl groups is 1. The largest absolute Gasteiger partial charge is 0.382 e. The summed E-state index contributed by atoms with van der Waals surface area (Å²) in [5, 5.41) is 8.59. The molecule has 0 radical (unpaired) electrons. The van der Waals surface area contributed by atoms with Crippen molar-refractivity contribution < 1.29 is 22.5 Å². The fourth-order valence-electron chi connectivity index (χ4n) is 0.373. The van der Waals surface area contributed by atoms with Crippen molar-refractivity contribution in [2.45, 2.75) is 13.0 Å². The lowest BCUT2D eigenvalue weighted by atomic mass is 10.4. The van der Waals surface area contributed by atoms with E-state index in [-0.39, 0.29) is 0 Å². The van der Waals surface area contributed by atoms with Gasteiger partial charge in [0, 0.05) is 0 Å². The molecule has 0 aliphatic heterocycles. The van der Waals surface area contributed by atoms with Crippen molar-refractivity contribution in [1.29, 1.82) is 0 Å². The predicted molar refractivity (Wildman–Crippen MR) is 41.8 cm³/mol. The van der Waals surface area contributed by atoms with Gasteiger partial charge in [-0.1, -0.05) is 6.08 Å². The summed E-state index contributed by atoms with van der Waals surface area (Å²) < 4.78 is 25.4. The first kappa shape index (κ1) is 11.1. The van der Waals surface area contributed by atoms with E-state index in [0.29, 0.717) is 0 Å². The number of carbonyl (C=O) groups excluding carboxylic acids is 1. The summed E-state index contributed by atoms with van der Waals surface area (Å²) in [4.78, 5) is 10.5. The van der Waals surface area contributed by atoms with Crippen molar-refractivity contribution in [3.8, 4) is 0 Å². The lowest BCUT2D eigenvalue weighted by molar-refractivity contribution is -0.142. The van der Waals surface area contributed by atoms with Crippen LogP contribution >= 0.6 is 0 Å². The fourth-order valence-corrected chi connectivity index (χ4v) is 1.12. The van der Waals surface area contributed by atoms with Crippen molar-refractivity contribution in [1.82, 2.24) is 0 Å². The van der Waals surface area contributed by atoms with E-state index in [1.165, 1.54) is 0 Å². The Morgan fingerprint density at radius 2 is 2.25 bits per heavy atom. The molecule has 70 valence electrons. The van der Waals surface area contributed by atoms with Gasteiger partial charge in [0.2, 0.25) is 0 Å². The van der Waals surface area contributed by atoms with Crippen molar-refractivity contribution in [2.24, 2.45) is 0 Å². The Bertz CT molecular complexity index is 264. The number of hydrogen-bond donors (Lipinski definition) is 1. The van der Waals surface area contributed by atoms with E-state index in [1.54, 1.807) is 0 Å². The molecule has 0 aliphatic rings. The summed E-state index contributed by atoms with van der Waals surface area (Å²) >= 11 is 0. The van der Waals surface area contributed by atoms with Crippen LogP contribution in [-0.4, -0.2) is 31.4 Å². The first-order chi connectivity index (χ1) is 5.39. The molecule has 0 rings (SSSR count). The van der Waals surface area contributed by atoms with E-state index >= 15 is 0 Å². The Morgan fingerprint density at radius 1 is 1.75 bits per heavy atom. The molecule has 6 heteroatoms. The topological polar surface area (TPSA) is 80.7 Å². The Balaban J connectivity index is 4.26. The van der Waals surface area contributed by atoms with Gasteiger partial charge in [0.15, 0.2) is 0 Å². The molecule has 0 aromatic heterocycles. The Hall–Kier alpha value is -0.880. The molecule has 0 fully saturated rings. The van der Waals surface area contributed by atoms with E-state index in [2.05, 4.69) is 10.8 Å². The second kappa shape index (κ2) is 4.22. The zero-order chi connectivity index (χ0) is 9.78. The van der Waals surface area contributed by atoms with Crippen LogP contribution in [0.3, 0.4) is 0 Å². The number of hydrogen-bond acceptors (Lipinski definition) is 5. The summed E-state index contributed by atoms with van der Waals surface area (Å²) in [5.74, 6) is -1.64. The van der Waals surface area contributed by atoms with Crippen LogP contribution in [0.4, 0.5) is 0 Å². The highest BCUT2D eigenvalue weighted by Crippen LogP contribution is 1.97. The molecular formula is C6H10O5S. The molecule has 0 bridgehead atoms. The predicted octanol–water partition coefficient (Wildman–Crippen LogP) is -0.574. The van der Waals surface area contributed by atoms with Crippen molar-refractivity contribution >= 4 is 16.1 Å². The van der Waals surface area contributed by atoms with Crippen molar-refractivity contribution in [2.75, 3.05) is 5.75 Å². The Morgan fingerprint density at radius 3 is 2.58 bits per heavy atom. The molecule has 0 aromatic rings. The molecule has 1 N–H and O–H groups in total. The minimum Gasteiger partial charge on any atom is -0.382 e. The monoisotopic (exact) mass is 194 g/mol. The van der Waals surface area contributed by atoms with Gasteiger partial charge < -0.3 is 9.29 Å². The van der Waals surface area contributed by atoms with Crippen LogP contribution in [0.15, 0.2) is 12.7 Å². The van der Waals surface area contributed by atoms with E-state index in [4.69, 9.17) is 5.11 Å². The zero-order valence-electron chi connectivity index (χ0n) is 6.56. The maximum Gasteiger partial charge on any atom is 0.350 e. The first-order valence-electron chi connectivity index (χ1n) is 3.14.